The second kappa shape index (κ2) is 8.31. The summed E-state index contributed by atoms with van der Waals surface area (Å²) in [6, 6.07) is 20.1. The van der Waals surface area contributed by atoms with E-state index in [-0.39, 0.29) is 18.2 Å². The molecule has 0 radical (unpaired) electrons. The maximum absolute atomic E-state index is 12.8. The predicted molar refractivity (Wildman–Crippen MR) is 107 cm³/mol. The molecule has 2 atom stereocenters. The van der Waals surface area contributed by atoms with E-state index in [9.17, 15) is 4.79 Å². The molecule has 2 aromatic carbocycles. The predicted octanol–water partition coefficient (Wildman–Crippen LogP) is 4.99. The molecule has 0 N–H and O–H groups in total. The molecule has 1 saturated heterocycles. The second-order valence-electron chi connectivity index (χ2n) is 7.62. The highest BCUT2D eigenvalue weighted by Gasteiger charge is 2.37. The second-order valence-corrected chi connectivity index (χ2v) is 7.62. The molecule has 2 aromatic rings. The molecule has 1 amide bonds. The summed E-state index contributed by atoms with van der Waals surface area (Å²) in [4.78, 5) is 14.7. The van der Waals surface area contributed by atoms with Crippen LogP contribution < -0.4 is 0 Å². The number of nitriles is 1. The van der Waals surface area contributed by atoms with Gasteiger partial charge < -0.3 is 4.74 Å². The lowest BCUT2D eigenvalue weighted by atomic mass is 9.83. The van der Waals surface area contributed by atoms with Crippen molar-refractivity contribution >= 4 is 6.09 Å². The standard InChI is InChI=1S/C24H24N2O2/c25-16-20-9-4-8-19(12-20)13-21-14-22-10-5-11-23(15-21)26(22)24(27)28-17-18-6-2-1-3-7-18/h1-4,6-9,12,14,22-23H,5,10-11,13,15,17H2. The van der Waals surface area contributed by atoms with Crippen LogP contribution in [0.1, 0.15) is 42.4 Å². The van der Waals surface area contributed by atoms with Crippen molar-refractivity contribution in [3.05, 3.63) is 82.9 Å². The van der Waals surface area contributed by atoms with Gasteiger partial charge in [0.15, 0.2) is 0 Å². The topological polar surface area (TPSA) is 53.3 Å². The van der Waals surface area contributed by atoms with Crippen molar-refractivity contribution in [3.63, 3.8) is 0 Å². The number of benzene rings is 2. The van der Waals surface area contributed by atoms with Gasteiger partial charge in [0.25, 0.3) is 0 Å². The van der Waals surface area contributed by atoms with Gasteiger partial charge in [-0.1, -0.05) is 54.1 Å². The Morgan fingerprint density at radius 3 is 2.71 bits per heavy atom. The van der Waals surface area contributed by atoms with Crippen molar-refractivity contribution < 1.29 is 9.53 Å². The molecule has 142 valence electrons. The third kappa shape index (κ3) is 4.09. The molecule has 0 aliphatic carbocycles. The quantitative estimate of drug-likeness (QED) is 0.711. The molecule has 4 heteroatoms. The summed E-state index contributed by atoms with van der Waals surface area (Å²) in [7, 11) is 0. The molecular formula is C24H24N2O2. The van der Waals surface area contributed by atoms with Crippen LogP contribution in [0.3, 0.4) is 0 Å². The Kier molecular flexibility index (Phi) is 5.43. The van der Waals surface area contributed by atoms with Crippen molar-refractivity contribution in [1.82, 2.24) is 4.90 Å². The molecule has 2 heterocycles. The third-order valence-electron chi connectivity index (χ3n) is 5.62. The fourth-order valence-corrected chi connectivity index (χ4v) is 4.34. The maximum atomic E-state index is 12.8. The molecule has 2 bridgehead atoms. The summed E-state index contributed by atoms with van der Waals surface area (Å²) in [6.07, 6.45) is 6.92. The third-order valence-corrected chi connectivity index (χ3v) is 5.62. The normalized spacial score (nSPS) is 20.8. The van der Waals surface area contributed by atoms with Gasteiger partial charge in [0.2, 0.25) is 0 Å². The number of ether oxygens (including phenoxy) is 1. The van der Waals surface area contributed by atoms with Crippen LogP contribution in [-0.4, -0.2) is 23.1 Å². The highest BCUT2D eigenvalue weighted by Crippen LogP contribution is 2.35. The average molecular weight is 372 g/mol. The zero-order valence-corrected chi connectivity index (χ0v) is 15.9. The summed E-state index contributed by atoms with van der Waals surface area (Å²) in [5, 5.41) is 9.11. The Balaban J connectivity index is 1.44. The highest BCUT2D eigenvalue weighted by molar-refractivity contribution is 5.69. The van der Waals surface area contributed by atoms with Crippen molar-refractivity contribution in [2.24, 2.45) is 0 Å². The number of rotatable bonds is 4. The van der Waals surface area contributed by atoms with Crippen LogP contribution in [0.5, 0.6) is 0 Å². The lowest BCUT2D eigenvalue weighted by molar-refractivity contribution is 0.0481. The Hall–Kier alpha value is -3.06. The SMILES string of the molecule is N#Cc1cccc(CC2=CC3CCCC(C2)N3C(=O)OCc2ccccc2)c1. The van der Waals surface area contributed by atoms with Crippen LogP contribution in [0.25, 0.3) is 0 Å². The van der Waals surface area contributed by atoms with E-state index in [2.05, 4.69) is 18.2 Å². The smallest absolute Gasteiger partial charge is 0.410 e. The number of nitrogens with zero attached hydrogens (tertiary/aromatic N) is 2. The summed E-state index contributed by atoms with van der Waals surface area (Å²) >= 11 is 0. The summed E-state index contributed by atoms with van der Waals surface area (Å²) in [5.74, 6) is 0. The van der Waals surface area contributed by atoms with Crippen molar-refractivity contribution in [1.29, 1.82) is 5.26 Å². The molecule has 2 aliphatic heterocycles. The Morgan fingerprint density at radius 2 is 1.93 bits per heavy atom. The number of piperidine rings is 1. The van der Waals surface area contributed by atoms with E-state index in [1.165, 1.54) is 5.57 Å². The first-order chi connectivity index (χ1) is 13.7. The molecule has 4 rings (SSSR count). The first kappa shape index (κ1) is 18.3. The zero-order valence-electron chi connectivity index (χ0n) is 15.9. The number of hydrogen-bond acceptors (Lipinski definition) is 3. The van der Waals surface area contributed by atoms with Crippen LogP contribution in [0, 0.1) is 11.3 Å². The molecule has 0 saturated carbocycles. The Labute approximate surface area is 166 Å². The van der Waals surface area contributed by atoms with Crippen LogP contribution in [0.2, 0.25) is 0 Å². The van der Waals surface area contributed by atoms with Crippen LogP contribution in [-0.2, 0) is 17.8 Å². The average Bonchev–Trinajstić information content (AvgIpc) is 2.72. The minimum Gasteiger partial charge on any atom is -0.445 e. The maximum Gasteiger partial charge on any atom is 0.410 e. The summed E-state index contributed by atoms with van der Waals surface area (Å²) in [6.45, 7) is 0.313. The molecule has 4 nitrogen and oxygen atoms in total. The minimum atomic E-state index is -0.208. The zero-order chi connectivity index (χ0) is 19.3. The van der Waals surface area contributed by atoms with Crippen molar-refractivity contribution in [3.8, 4) is 6.07 Å². The Morgan fingerprint density at radius 1 is 1.11 bits per heavy atom. The van der Waals surface area contributed by atoms with Crippen LogP contribution in [0.15, 0.2) is 66.2 Å². The van der Waals surface area contributed by atoms with E-state index < -0.39 is 0 Å². The molecule has 2 aliphatic rings. The van der Waals surface area contributed by atoms with Gasteiger partial charge in [0.05, 0.1) is 17.7 Å². The van der Waals surface area contributed by atoms with Gasteiger partial charge in [-0.15, -0.1) is 0 Å². The largest absolute Gasteiger partial charge is 0.445 e. The molecule has 1 fully saturated rings. The van der Waals surface area contributed by atoms with Crippen LogP contribution in [0.4, 0.5) is 4.79 Å². The summed E-state index contributed by atoms with van der Waals surface area (Å²) in [5.41, 5.74) is 4.22. The van der Waals surface area contributed by atoms with E-state index in [1.54, 1.807) is 0 Å². The first-order valence-corrected chi connectivity index (χ1v) is 9.90. The van der Waals surface area contributed by atoms with Gasteiger partial charge in [-0.2, -0.15) is 5.26 Å². The van der Waals surface area contributed by atoms with Crippen molar-refractivity contribution in [2.75, 3.05) is 0 Å². The van der Waals surface area contributed by atoms with Gasteiger partial charge in [-0.3, -0.25) is 4.90 Å². The van der Waals surface area contributed by atoms with E-state index in [1.807, 2.05) is 53.4 Å². The van der Waals surface area contributed by atoms with Crippen molar-refractivity contribution in [2.45, 2.75) is 50.8 Å². The van der Waals surface area contributed by atoms with Gasteiger partial charge >= 0.3 is 6.09 Å². The number of carbonyl (C=O) groups excluding carboxylic acids is 1. The lowest BCUT2D eigenvalue weighted by Gasteiger charge is -2.44. The lowest BCUT2D eigenvalue weighted by Crippen LogP contribution is -2.52. The van der Waals surface area contributed by atoms with Gasteiger partial charge in [0.1, 0.15) is 6.61 Å². The number of fused-ring (bicyclic) bond motifs is 2. The van der Waals surface area contributed by atoms with E-state index in [0.29, 0.717) is 12.2 Å². The monoisotopic (exact) mass is 372 g/mol. The highest BCUT2D eigenvalue weighted by atomic mass is 16.6. The van der Waals surface area contributed by atoms with Gasteiger partial charge in [0, 0.05) is 6.04 Å². The minimum absolute atomic E-state index is 0.116. The number of amides is 1. The molecule has 0 spiro atoms. The van der Waals surface area contributed by atoms with E-state index in [0.717, 1.165) is 43.2 Å². The molecule has 0 aromatic heterocycles. The van der Waals surface area contributed by atoms with E-state index in [4.69, 9.17) is 10.00 Å². The van der Waals surface area contributed by atoms with Gasteiger partial charge in [-0.05, 0) is 55.4 Å². The van der Waals surface area contributed by atoms with Gasteiger partial charge in [-0.25, -0.2) is 4.79 Å². The fraction of sp³-hybridized carbons (Fsp3) is 0.333. The number of hydrogen-bond donors (Lipinski definition) is 0. The molecule has 28 heavy (non-hydrogen) atoms. The first-order valence-electron chi connectivity index (χ1n) is 9.90. The molecule has 2 unspecified atom stereocenters. The molecular weight excluding hydrogens is 348 g/mol. The van der Waals surface area contributed by atoms with E-state index >= 15 is 0 Å². The van der Waals surface area contributed by atoms with Crippen LogP contribution >= 0.6 is 0 Å². The Bertz CT molecular complexity index is 914. The fourth-order valence-electron chi connectivity index (χ4n) is 4.34. The summed E-state index contributed by atoms with van der Waals surface area (Å²) < 4.78 is 5.61. The number of carbonyl (C=O) groups is 1.